The van der Waals surface area contributed by atoms with E-state index in [1.165, 1.54) is 74.5 Å². The molecular weight excluding hydrogens is 440 g/mol. The van der Waals surface area contributed by atoms with Gasteiger partial charge in [-0.05, 0) is 146 Å². The lowest BCUT2D eigenvalue weighted by Crippen LogP contribution is -2.56. The molecule has 6 rings (SSSR count). The summed E-state index contributed by atoms with van der Waals surface area (Å²) in [6, 6.07) is 7.62. The number of hydrogen-bond donors (Lipinski definition) is 1. The second-order valence-corrected chi connectivity index (χ2v) is 14.2. The van der Waals surface area contributed by atoms with Crippen LogP contribution in [0.25, 0.3) is 5.57 Å². The van der Waals surface area contributed by atoms with Crippen LogP contribution in [0.4, 0.5) is 0 Å². The Kier molecular flexibility index (Phi) is 5.86. The third kappa shape index (κ3) is 3.52. The maximum atomic E-state index is 11.4. The van der Waals surface area contributed by atoms with Gasteiger partial charge < -0.3 is 5.11 Å². The predicted octanol–water partition coefficient (Wildman–Crippen LogP) is 8.89. The van der Waals surface area contributed by atoms with Crippen molar-refractivity contribution in [3.8, 4) is 0 Å². The first kappa shape index (κ1) is 24.5. The summed E-state index contributed by atoms with van der Waals surface area (Å²) in [7, 11) is 0. The van der Waals surface area contributed by atoms with Crippen molar-refractivity contribution < 1.29 is 9.90 Å². The zero-order valence-corrected chi connectivity index (χ0v) is 22.9. The molecule has 194 valence electrons. The number of benzene rings is 1. The number of hydrogen-bond acceptors (Lipinski definition) is 1. The van der Waals surface area contributed by atoms with Crippen LogP contribution in [0.1, 0.15) is 101 Å². The number of carbonyl (C=O) groups is 1. The van der Waals surface area contributed by atoms with Crippen molar-refractivity contribution >= 4 is 11.5 Å². The van der Waals surface area contributed by atoms with Crippen LogP contribution >= 0.6 is 0 Å². The lowest BCUT2D eigenvalue weighted by atomic mass is 9.41. The maximum absolute atomic E-state index is 11.4. The average molecular weight is 487 g/mol. The summed E-state index contributed by atoms with van der Waals surface area (Å²) in [4.78, 5) is 11.4. The highest BCUT2D eigenvalue weighted by atomic mass is 16.4. The van der Waals surface area contributed by atoms with Crippen LogP contribution in [0.2, 0.25) is 0 Å². The fourth-order valence-electron chi connectivity index (χ4n) is 11.0. The normalized spacial score (nSPS) is 42.8. The fraction of sp³-hybridized carbons (Fsp3) is 0.676. The van der Waals surface area contributed by atoms with Crippen LogP contribution in [0.3, 0.4) is 0 Å². The van der Waals surface area contributed by atoms with Gasteiger partial charge in [-0.25, -0.2) is 4.79 Å². The SMILES string of the molecule is C=C(C)[C@@H]1CCC2CC[C@@]3(C)C4CC[C@@H]5C(CC=C(c6ccc(C(=O)O)cc6)C5(C)C)[C@H]4CC[C@@H]3[C@H]21. The number of carboxylic acid groups (broad SMARTS) is 1. The molecule has 0 heterocycles. The summed E-state index contributed by atoms with van der Waals surface area (Å²) >= 11 is 0. The van der Waals surface area contributed by atoms with Crippen molar-refractivity contribution in [2.45, 2.75) is 85.5 Å². The number of fused-ring (bicyclic) bond motifs is 7. The molecule has 0 amide bonds. The van der Waals surface area contributed by atoms with E-state index in [2.05, 4.69) is 40.3 Å². The molecule has 0 aromatic heterocycles. The summed E-state index contributed by atoms with van der Waals surface area (Å²) in [6.45, 7) is 14.4. The summed E-state index contributed by atoms with van der Waals surface area (Å²) in [5.41, 5.74) is 5.14. The first-order valence-electron chi connectivity index (χ1n) is 14.8. The van der Waals surface area contributed by atoms with Crippen LogP contribution in [-0.2, 0) is 0 Å². The molecule has 36 heavy (non-hydrogen) atoms. The molecule has 0 saturated heterocycles. The Balaban J connectivity index is 1.27. The molecular formula is C34H46O2. The number of aromatic carboxylic acids is 1. The van der Waals surface area contributed by atoms with Crippen LogP contribution in [0.15, 0.2) is 42.5 Å². The second kappa shape index (κ2) is 8.60. The summed E-state index contributed by atoms with van der Waals surface area (Å²) in [6.07, 6.45) is 15.1. The van der Waals surface area contributed by atoms with Gasteiger partial charge >= 0.3 is 5.97 Å². The standard InChI is InChI=1S/C34H46O2/c1-20(2)24-11-10-22-18-19-34(5)29-17-16-28-25(26(29)13-15-30(34)31(22)24)12-14-27(33(28,3)4)21-6-8-23(9-7-21)32(35)36/h6-9,14,22,24-26,28-31H,1,10-13,15-19H2,2-5H3,(H,35,36)/t22?,24-,25?,26+,28+,29?,30+,31+,34-/m0/s1. The van der Waals surface area contributed by atoms with E-state index >= 15 is 0 Å². The molecule has 5 aliphatic rings. The van der Waals surface area contributed by atoms with Gasteiger partial charge in [-0.3, -0.25) is 0 Å². The molecule has 0 radical (unpaired) electrons. The number of carboxylic acids is 1. The molecule has 9 atom stereocenters. The lowest BCUT2D eigenvalue weighted by molar-refractivity contribution is -0.131. The fourth-order valence-corrected chi connectivity index (χ4v) is 11.0. The van der Waals surface area contributed by atoms with Gasteiger partial charge in [-0.15, -0.1) is 0 Å². The Morgan fingerprint density at radius 2 is 1.58 bits per heavy atom. The summed E-state index contributed by atoms with van der Waals surface area (Å²) in [5.74, 6) is 6.01. The molecule has 0 bridgehead atoms. The van der Waals surface area contributed by atoms with E-state index in [-0.39, 0.29) is 5.41 Å². The highest BCUT2D eigenvalue weighted by Gasteiger charge is 2.60. The van der Waals surface area contributed by atoms with E-state index in [4.69, 9.17) is 0 Å². The van der Waals surface area contributed by atoms with Crippen LogP contribution in [0, 0.1) is 58.2 Å². The Labute approximate surface area is 218 Å². The van der Waals surface area contributed by atoms with Gasteiger partial charge in [0.05, 0.1) is 5.56 Å². The first-order valence-corrected chi connectivity index (χ1v) is 14.8. The minimum Gasteiger partial charge on any atom is -0.478 e. The summed E-state index contributed by atoms with van der Waals surface area (Å²) in [5, 5.41) is 9.33. The first-order chi connectivity index (χ1) is 17.1. The predicted molar refractivity (Wildman–Crippen MR) is 148 cm³/mol. The molecule has 4 fully saturated rings. The molecule has 1 aromatic carbocycles. The molecule has 0 spiro atoms. The van der Waals surface area contributed by atoms with Gasteiger partial charge in [0.15, 0.2) is 0 Å². The Bertz CT molecular complexity index is 1080. The minimum atomic E-state index is -0.845. The smallest absolute Gasteiger partial charge is 0.335 e. The van der Waals surface area contributed by atoms with E-state index < -0.39 is 5.97 Å². The Hall–Kier alpha value is -1.83. The van der Waals surface area contributed by atoms with Crippen molar-refractivity contribution in [2.75, 3.05) is 0 Å². The zero-order chi connectivity index (χ0) is 25.4. The van der Waals surface area contributed by atoms with Gasteiger partial charge in [0.2, 0.25) is 0 Å². The Morgan fingerprint density at radius 3 is 2.28 bits per heavy atom. The van der Waals surface area contributed by atoms with Crippen LogP contribution in [-0.4, -0.2) is 11.1 Å². The molecule has 4 saturated carbocycles. The monoisotopic (exact) mass is 486 g/mol. The van der Waals surface area contributed by atoms with Crippen molar-refractivity contribution in [3.63, 3.8) is 0 Å². The van der Waals surface area contributed by atoms with Crippen molar-refractivity contribution in [3.05, 3.63) is 53.6 Å². The minimum absolute atomic E-state index is 0.130. The van der Waals surface area contributed by atoms with E-state index in [1.807, 2.05) is 12.1 Å². The zero-order valence-electron chi connectivity index (χ0n) is 22.9. The largest absolute Gasteiger partial charge is 0.478 e. The van der Waals surface area contributed by atoms with Gasteiger partial charge in [0, 0.05) is 0 Å². The maximum Gasteiger partial charge on any atom is 0.335 e. The highest BCUT2D eigenvalue weighted by Crippen LogP contribution is 2.69. The quantitative estimate of drug-likeness (QED) is 0.433. The van der Waals surface area contributed by atoms with E-state index in [0.29, 0.717) is 11.0 Å². The average Bonchev–Trinajstić information content (AvgIpc) is 3.28. The second-order valence-electron chi connectivity index (χ2n) is 14.2. The van der Waals surface area contributed by atoms with Crippen LogP contribution in [0.5, 0.6) is 0 Å². The van der Waals surface area contributed by atoms with Gasteiger partial charge in [0.1, 0.15) is 0 Å². The van der Waals surface area contributed by atoms with Gasteiger partial charge in [-0.2, -0.15) is 0 Å². The highest BCUT2D eigenvalue weighted by molar-refractivity contribution is 5.88. The lowest BCUT2D eigenvalue weighted by Gasteiger charge is -2.63. The summed E-state index contributed by atoms with van der Waals surface area (Å²) < 4.78 is 0. The number of allylic oxidation sites excluding steroid dienone is 3. The molecule has 5 aliphatic carbocycles. The van der Waals surface area contributed by atoms with E-state index in [0.717, 1.165) is 47.3 Å². The van der Waals surface area contributed by atoms with Gasteiger partial charge in [0.25, 0.3) is 0 Å². The molecule has 3 unspecified atom stereocenters. The third-order valence-corrected chi connectivity index (χ3v) is 12.5. The Morgan fingerprint density at radius 1 is 0.889 bits per heavy atom. The molecule has 2 heteroatoms. The van der Waals surface area contributed by atoms with Crippen molar-refractivity contribution in [1.29, 1.82) is 0 Å². The molecule has 2 nitrogen and oxygen atoms in total. The molecule has 0 aliphatic heterocycles. The van der Waals surface area contributed by atoms with Crippen molar-refractivity contribution in [1.82, 2.24) is 0 Å². The van der Waals surface area contributed by atoms with Gasteiger partial charge in [-0.1, -0.05) is 51.1 Å². The van der Waals surface area contributed by atoms with Crippen molar-refractivity contribution in [2.24, 2.45) is 58.2 Å². The number of rotatable bonds is 3. The van der Waals surface area contributed by atoms with Crippen LogP contribution < -0.4 is 0 Å². The topological polar surface area (TPSA) is 37.3 Å². The molecule has 1 N–H and O–H groups in total. The van der Waals surface area contributed by atoms with E-state index in [9.17, 15) is 9.90 Å². The molecule has 1 aromatic rings. The third-order valence-electron chi connectivity index (χ3n) is 12.5. The van der Waals surface area contributed by atoms with E-state index in [1.54, 1.807) is 12.1 Å².